The van der Waals surface area contributed by atoms with Gasteiger partial charge in [0.05, 0.1) is 12.2 Å². The zero-order valence-electron chi connectivity index (χ0n) is 11.8. The van der Waals surface area contributed by atoms with Gasteiger partial charge >= 0.3 is 0 Å². The predicted octanol–water partition coefficient (Wildman–Crippen LogP) is 1.06. The van der Waals surface area contributed by atoms with E-state index in [0.717, 1.165) is 50.2 Å². The molecule has 5 nitrogen and oxygen atoms in total. The van der Waals surface area contributed by atoms with E-state index in [0.29, 0.717) is 0 Å². The van der Waals surface area contributed by atoms with Crippen molar-refractivity contribution < 1.29 is 4.52 Å². The Morgan fingerprint density at radius 3 is 2.68 bits per heavy atom. The number of aromatic nitrogens is 1. The van der Waals surface area contributed by atoms with Crippen molar-refractivity contribution in [3.63, 3.8) is 0 Å². The maximum atomic E-state index is 5.43. The fourth-order valence-corrected chi connectivity index (χ4v) is 2.53. The average Bonchev–Trinajstić information content (AvgIpc) is 3.17. The van der Waals surface area contributed by atoms with E-state index in [4.69, 9.17) is 4.52 Å². The van der Waals surface area contributed by atoms with Gasteiger partial charge in [-0.15, -0.1) is 0 Å². The third kappa shape index (κ3) is 3.78. The van der Waals surface area contributed by atoms with Crippen molar-refractivity contribution in [1.29, 1.82) is 0 Å². The minimum Gasteiger partial charge on any atom is -0.360 e. The number of likely N-dealkylation sites (N-methyl/N-ethyl adjacent to an activating group) is 1. The molecule has 1 saturated heterocycles. The second-order valence-electron chi connectivity index (χ2n) is 5.65. The summed E-state index contributed by atoms with van der Waals surface area (Å²) in [6.07, 6.45) is 2.62. The summed E-state index contributed by atoms with van der Waals surface area (Å²) in [6, 6.07) is 2.82. The maximum absolute atomic E-state index is 5.43. The van der Waals surface area contributed by atoms with Gasteiger partial charge in [0.2, 0.25) is 0 Å². The van der Waals surface area contributed by atoms with E-state index in [9.17, 15) is 0 Å². The summed E-state index contributed by atoms with van der Waals surface area (Å²) in [7, 11) is 0. The van der Waals surface area contributed by atoms with Gasteiger partial charge in [-0.2, -0.15) is 0 Å². The second kappa shape index (κ2) is 6.03. The summed E-state index contributed by atoms with van der Waals surface area (Å²) in [5, 5.41) is 7.60. The molecule has 106 valence electrons. The molecule has 0 aromatic carbocycles. The summed E-state index contributed by atoms with van der Waals surface area (Å²) in [5.74, 6) is 0.998. The van der Waals surface area contributed by atoms with E-state index < -0.39 is 0 Å². The van der Waals surface area contributed by atoms with E-state index >= 15 is 0 Å². The number of rotatable bonds is 6. The Labute approximate surface area is 114 Å². The van der Waals surface area contributed by atoms with Gasteiger partial charge in [0.25, 0.3) is 0 Å². The first-order valence-corrected chi connectivity index (χ1v) is 7.46. The predicted molar refractivity (Wildman–Crippen MR) is 73.8 cm³/mol. The number of nitrogens with one attached hydrogen (secondary N) is 1. The quantitative estimate of drug-likeness (QED) is 0.832. The van der Waals surface area contributed by atoms with Gasteiger partial charge in [0.15, 0.2) is 5.76 Å². The van der Waals surface area contributed by atoms with E-state index in [1.54, 1.807) is 0 Å². The van der Waals surface area contributed by atoms with Crippen LogP contribution >= 0.6 is 0 Å². The standard InChI is InChI=1S/C14H24N4O/c1-2-17-5-7-18(8-6-17)11-14-9-13(16-19-14)10-15-12-3-4-12/h9,12,15H,2-8,10-11H2,1H3. The van der Waals surface area contributed by atoms with E-state index in [2.05, 4.69) is 33.3 Å². The molecule has 19 heavy (non-hydrogen) atoms. The molecule has 2 aliphatic rings. The lowest BCUT2D eigenvalue weighted by Crippen LogP contribution is -2.45. The van der Waals surface area contributed by atoms with Crippen molar-refractivity contribution in [2.45, 2.75) is 38.9 Å². The molecule has 2 heterocycles. The molecule has 1 aliphatic carbocycles. The van der Waals surface area contributed by atoms with Gasteiger partial charge in [0.1, 0.15) is 0 Å². The Morgan fingerprint density at radius 1 is 1.26 bits per heavy atom. The molecule has 3 rings (SSSR count). The lowest BCUT2D eigenvalue weighted by molar-refractivity contribution is 0.122. The van der Waals surface area contributed by atoms with Gasteiger partial charge in [-0.1, -0.05) is 12.1 Å². The molecule has 0 spiro atoms. The highest BCUT2D eigenvalue weighted by Crippen LogP contribution is 2.19. The van der Waals surface area contributed by atoms with Crippen LogP contribution in [0.4, 0.5) is 0 Å². The molecule has 1 N–H and O–H groups in total. The molecule has 0 atom stereocenters. The molecule has 5 heteroatoms. The van der Waals surface area contributed by atoms with E-state index in [1.165, 1.54) is 25.9 Å². The van der Waals surface area contributed by atoms with E-state index in [1.807, 2.05) is 0 Å². The maximum Gasteiger partial charge on any atom is 0.151 e. The first-order valence-electron chi connectivity index (χ1n) is 7.46. The van der Waals surface area contributed by atoms with Gasteiger partial charge in [-0.3, -0.25) is 4.90 Å². The molecule has 1 aromatic rings. The number of nitrogens with zero attached hydrogens (tertiary/aromatic N) is 3. The van der Waals surface area contributed by atoms with Crippen LogP contribution in [0.15, 0.2) is 10.6 Å². The Balaban J connectivity index is 1.44. The fraction of sp³-hybridized carbons (Fsp3) is 0.786. The molecule has 0 radical (unpaired) electrons. The average molecular weight is 264 g/mol. The number of hydrogen-bond donors (Lipinski definition) is 1. The van der Waals surface area contributed by atoms with Crippen molar-refractivity contribution >= 4 is 0 Å². The van der Waals surface area contributed by atoms with Crippen LogP contribution in [0.5, 0.6) is 0 Å². The van der Waals surface area contributed by atoms with Crippen molar-refractivity contribution in [3.05, 3.63) is 17.5 Å². The van der Waals surface area contributed by atoms with Crippen LogP contribution in [-0.2, 0) is 13.1 Å². The lowest BCUT2D eigenvalue weighted by Gasteiger charge is -2.33. The first-order chi connectivity index (χ1) is 9.33. The summed E-state index contributed by atoms with van der Waals surface area (Å²) < 4.78 is 5.43. The zero-order valence-corrected chi connectivity index (χ0v) is 11.8. The summed E-state index contributed by atoms with van der Waals surface area (Å²) in [6.45, 7) is 9.72. The molecule has 0 bridgehead atoms. The summed E-state index contributed by atoms with van der Waals surface area (Å²) in [4.78, 5) is 4.94. The van der Waals surface area contributed by atoms with Gasteiger partial charge < -0.3 is 14.7 Å². The van der Waals surface area contributed by atoms with Crippen molar-refractivity contribution in [3.8, 4) is 0 Å². The monoisotopic (exact) mass is 264 g/mol. The molecule has 0 unspecified atom stereocenters. The van der Waals surface area contributed by atoms with Crippen molar-refractivity contribution in [1.82, 2.24) is 20.3 Å². The molecular weight excluding hydrogens is 240 g/mol. The molecule has 1 aromatic heterocycles. The Kier molecular flexibility index (Phi) is 4.15. The van der Waals surface area contributed by atoms with Gasteiger partial charge in [-0.05, 0) is 19.4 Å². The Morgan fingerprint density at radius 2 is 2.00 bits per heavy atom. The Bertz CT molecular complexity index is 394. The van der Waals surface area contributed by atoms with Crippen LogP contribution in [0.25, 0.3) is 0 Å². The minimum absolute atomic E-state index is 0.724. The topological polar surface area (TPSA) is 44.5 Å². The Hall–Kier alpha value is -0.910. The number of piperazine rings is 1. The highest BCUT2D eigenvalue weighted by atomic mass is 16.5. The van der Waals surface area contributed by atoms with Crippen LogP contribution < -0.4 is 5.32 Å². The first kappa shape index (κ1) is 13.1. The SMILES string of the molecule is CCN1CCN(Cc2cc(CNC3CC3)no2)CC1. The molecular formula is C14H24N4O. The number of hydrogen-bond acceptors (Lipinski definition) is 5. The largest absolute Gasteiger partial charge is 0.360 e. The third-order valence-corrected chi connectivity index (χ3v) is 4.05. The lowest BCUT2D eigenvalue weighted by atomic mass is 10.3. The molecule has 0 amide bonds. The second-order valence-corrected chi connectivity index (χ2v) is 5.65. The zero-order chi connectivity index (χ0) is 13.1. The molecule has 1 saturated carbocycles. The normalized spacial score (nSPS) is 21.9. The smallest absolute Gasteiger partial charge is 0.151 e. The summed E-state index contributed by atoms with van der Waals surface area (Å²) in [5.41, 5.74) is 1.04. The highest BCUT2D eigenvalue weighted by molar-refractivity contribution is 5.06. The minimum atomic E-state index is 0.724. The highest BCUT2D eigenvalue weighted by Gasteiger charge is 2.21. The van der Waals surface area contributed by atoms with Gasteiger partial charge in [0, 0.05) is 44.8 Å². The van der Waals surface area contributed by atoms with Crippen LogP contribution in [0.1, 0.15) is 31.2 Å². The van der Waals surface area contributed by atoms with Crippen LogP contribution in [-0.4, -0.2) is 53.7 Å². The van der Waals surface area contributed by atoms with Crippen LogP contribution in [0, 0.1) is 0 Å². The van der Waals surface area contributed by atoms with Crippen molar-refractivity contribution in [2.24, 2.45) is 0 Å². The molecule has 1 aliphatic heterocycles. The van der Waals surface area contributed by atoms with Crippen LogP contribution in [0.2, 0.25) is 0 Å². The fourth-order valence-electron chi connectivity index (χ4n) is 2.53. The van der Waals surface area contributed by atoms with E-state index in [-0.39, 0.29) is 0 Å². The molecule has 2 fully saturated rings. The van der Waals surface area contributed by atoms with Crippen molar-refractivity contribution in [2.75, 3.05) is 32.7 Å². The van der Waals surface area contributed by atoms with Crippen LogP contribution in [0.3, 0.4) is 0 Å². The summed E-state index contributed by atoms with van der Waals surface area (Å²) >= 11 is 0. The van der Waals surface area contributed by atoms with Gasteiger partial charge in [-0.25, -0.2) is 0 Å². The third-order valence-electron chi connectivity index (χ3n) is 4.05.